The van der Waals surface area contributed by atoms with Crippen LogP contribution in [0.4, 0.5) is 0 Å². The number of nitrogens with zero attached hydrogens (tertiary/aromatic N) is 2. The van der Waals surface area contributed by atoms with Crippen molar-refractivity contribution < 1.29 is 19.5 Å². The number of hydrogen-bond acceptors (Lipinski definition) is 3. The maximum atomic E-state index is 12.7. The first-order valence-electron chi connectivity index (χ1n) is 9.37. The van der Waals surface area contributed by atoms with Crippen molar-refractivity contribution in [2.75, 3.05) is 26.2 Å². The summed E-state index contributed by atoms with van der Waals surface area (Å²) in [6.07, 6.45) is 3.67. The summed E-state index contributed by atoms with van der Waals surface area (Å²) in [6.45, 7) is 5.04. The van der Waals surface area contributed by atoms with E-state index in [1.807, 2.05) is 4.90 Å². The monoisotopic (exact) mass is 358 g/mol. The third kappa shape index (κ3) is 4.06. The Morgan fingerprint density at radius 3 is 2.12 bits per heavy atom. The van der Waals surface area contributed by atoms with Crippen LogP contribution >= 0.6 is 0 Å². The molecule has 0 radical (unpaired) electrons. The van der Waals surface area contributed by atoms with Crippen molar-refractivity contribution in [1.82, 2.24) is 9.80 Å². The van der Waals surface area contributed by atoms with E-state index in [1.54, 1.807) is 17.0 Å². The van der Waals surface area contributed by atoms with Crippen LogP contribution in [-0.2, 0) is 4.79 Å². The van der Waals surface area contributed by atoms with Crippen LogP contribution in [0, 0.1) is 11.8 Å². The van der Waals surface area contributed by atoms with Crippen molar-refractivity contribution in [2.24, 2.45) is 11.8 Å². The van der Waals surface area contributed by atoms with Crippen LogP contribution in [0.3, 0.4) is 0 Å². The first-order valence-corrected chi connectivity index (χ1v) is 9.37. The lowest BCUT2D eigenvalue weighted by Crippen LogP contribution is -2.47. The SMILES string of the molecule is CC1CCCN(C(=O)C2CCN(C(=O)c3ccc(C(=O)O)cc3)CC2)C1. The van der Waals surface area contributed by atoms with Crippen molar-refractivity contribution in [1.29, 1.82) is 0 Å². The fourth-order valence-corrected chi connectivity index (χ4v) is 3.92. The minimum atomic E-state index is -1.00. The van der Waals surface area contributed by atoms with Crippen molar-refractivity contribution >= 4 is 17.8 Å². The van der Waals surface area contributed by atoms with E-state index in [0.29, 0.717) is 37.4 Å². The number of carboxylic acid groups (broad SMARTS) is 1. The van der Waals surface area contributed by atoms with E-state index in [4.69, 9.17) is 5.11 Å². The molecule has 2 aliphatic rings. The van der Waals surface area contributed by atoms with Gasteiger partial charge in [0.25, 0.3) is 5.91 Å². The van der Waals surface area contributed by atoms with Gasteiger partial charge in [0.1, 0.15) is 0 Å². The molecule has 1 aromatic carbocycles. The largest absolute Gasteiger partial charge is 0.478 e. The van der Waals surface area contributed by atoms with E-state index < -0.39 is 5.97 Å². The lowest BCUT2D eigenvalue weighted by Gasteiger charge is -2.37. The summed E-state index contributed by atoms with van der Waals surface area (Å²) in [4.78, 5) is 40.0. The normalized spacial score (nSPS) is 21.5. The van der Waals surface area contributed by atoms with E-state index in [-0.39, 0.29) is 23.3 Å². The van der Waals surface area contributed by atoms with Crippen LogP contribution in [0.1, 0.15) is 53.3 Å². The topological polar surface area (TPSA) is 77.9 Å². The molecule has 0 aromatic heterocycles. The quantitative estimate of drug-likeness (QED) is 0.900. The Balaban J connectivity index is 1.55. The molecule has 2 fully saturated rings. The molecule has 2 saturated heterocycles. The Bertz CT molecular complexity index is 678. The van der Waals surface area contributed by atoms with Crippen LogP contribution in [0.15, 0.2) is 24.3 Å². The molecule has 140 valence electrons. The smallest absolute Gasteiger partial charge is 0.335 e. The number of likely N-dealkylation sites (tertiary alicyclic amines) is 2. The first kappa shape index (κ1) is 18.4. The second-order valence-corrected chi connectivity index (χ2v) is 7.48. The molecular formula is C20H26N2O4. The molecule has 0 saturated carbocycles. The van der Waals surface area contributed by atoms with Crippen molar-refractivity contribution in [3.63, 3.8) is 0 Å². The van der Waals surface area contributed by atoms with Crippen LogP contribution < -0.4 is 0 Å². The van der Waals surface area contributed by atoms with E-state index in [2.05, 4.69) is 6.92 Å². The summed E-state index contributed by atoms with van der Waals surface area (Å²) in [7, 11) is 0. The average molecular weight is 358 g/mol. The van der Waals surface area contributed by atoms with Gasteiger partial charge in [-0.05, 0) is 55.9 Å². The summed E-state index contributed by atoms with van der Waals surface area (Å²) in [5.41, 5.74) is 0.659. The Morgan fingerprint density at radius 2 is 1.54 bits per heavy atom. The summed E-state index contributed by atoms with van der Waals surface area (Å²) in [5, 5.41) is 8.94. The molecule has 3 rings (SSSR count). The van der Waals surface area contributed by atoms with E-state index in [0.717, 1.165) is 19.5 Å². The number of piperidine rings is 2. The molecule has 2 amide bonds. The van der Waals surface area contributed by atoms with Gasteiger partial charge in [0.15, 0.2) is 0 Å². The van der Waals surface area contributed by atoms with Gasteiger partial charge in [-0.2, -0.15) is 0 Å². The zero-order chi connectivity index (χ0) is 18.7. The molecule has 6 heteroatoms. The van der Waals surface area contributed by atoms with Gasteiger partial charge in [0.2, 0.25) is 5.91 Å². The first-order chi connectivity index (χ1) is 12.5. The maximum absolute atomic E-state index is 12.7. The van der Waals surface area contributed by atoms with Gasteiger partial charge in [-0.1, -0.05) is 6.92 Å². The highest BCUT2D eigenvalue weighted by Gasteiger charge is 2.32. The van der Waals surface area contributed by atoms with Gasteiger partial charge in [0, 0.05) is 37.7 Å². The summed E-state index contributed by atoms with van der Waals surface area (Å²) >= 11 is 0. The molecule has 2 aliphatic heterocycles. The molecule has 0 bridgehead atoms. The van der Waals surface area contributed by atoms with E-state index >= 15 is 0 Å². The summed E-state index contributed by atoms with van der Waals surface area (Å²) in [5.74, 6) is -0.272. The Labute approximate surface area is 153 Å². The summed E-state index contributed by atoms with van der Waals surface area (Å²) in [6, 6.07) is 6.00. The zero-order valence-corrected chi connectivity index (χ0v) is 15.2. The van der Waals surface area contributed by atoms with Gasteiger partial charge in [-0.25, -0.2) is 4.79 Å². The average Bonchev–Trinajstić information content (AvgIpc) is 2.67. The molecule has 0 spiro atoms. The van der Waals surface area contributed by atoms with Gasteiger partial charge in [-0.15, -0.1) is 0 Å². The fraction of sp³-hybridized carbons (Fsp3) is 0.550. The van der Waals surface area contributed by atoms with Gasteiger partial charge in [-0.3, -0.25) is 9.59 Å². The molecule has 1 unspecified atom stereocenters. The molecule has 1 aromatic rings. The molecule has 1 atom stereocenters. The van der Waals surface area contributed by atoms with Gasteiger partial charge >= 0.3 is 5.97 Å². The Hall–Kier alpha value is -2.37. The number of amides is 2. The summed E-state index contributed by atoms with van der Waals surface area (Å²) < 4.78 is 0. The predicted molar refractivity (Wildman–Crippen MR) is 97.0 cm³/mol. The Kier molecular flexibility index (Phi) is 5.59. The lowest BCUT2D eigenvalue weighted by molar-refractivity contribution is -0.138. The Morgan fingerprint density at radius 1 is 0.923 bits per heavy atom. The highest BCUT2D eigenvalue weighted by atomic mass is 16.4. The highest BCUT2D eigenvalue weighted by Crippen LogP contribution is 2.24. The predicted octanol–water partition coefficient (Wildman–Crippen LogP) is 2.50. The second kappa shape index (κ2) is 7.89. The number of hydrogen-bond donors (Lipinski definition) is 1. The number of benzene rings is 1. The molecule has 1 N–H and O–H groups in total. The van der Waals surface area contributed by atoms with Crippen LogP contribution in [0.25, 0.3) is 0 Å². The van der Waals surface area contributed by atoms with E-state index in [9.17, 15) is 14.4 Å². The van der Waals surface area contributed by atoms with Crippen molar-refractivity contribution in [3.8, 4) is 0 Å². The van der Waals surface area contributed by atoms with Crippen LogP contribution in [-0.4, -0.2) is 58.9 Å². The molecule has 6 nitrogen and oxygen atoms in total. The number of carbonyl (C=O) groups is 3. The lowest BCUT2D eigenvalue weighted by atomic mass is 9.92. The minimum absolute atomic E-state index is 0.0127. The molecule has 26 heavy (non-hydrogen) atoms. The number of carboxylic acids is 1. The van der Waals surface area contributed by atoms with Crippen LogP contribution in [0.5, 0.6) is 0 Å². The number of aromatic carboxylic acids is 1. The maximum Gasteiger partial charge on any atom is 0.335 e. The highest BCUT2D eigenvalue weighted by molar-refractivity contribution is 5.96. The zero-order valence-electron chi connectivity index (χ0n) is 15.2. The van der Waals surface area contributed by atoms with Crippen LogP contribution in [0.2, 0.25) is 0 Å². The molecular weight excluding hydrogens is 332 g/mol. The second-order valence-electron chi connectivity index (χ2n) is 7.48. The van der Waals surface area contributed by atoms with Gasteiger partial charge < -0.3 is 14.9 Å². The van der Waals surface area contributed by atoms with Gasteiger partial charge in [0.05, 0.1) is 5.56 Å². The third-order valence-corrected chi connectivity index (χ3v) is 5.48. The number of carbonyl (C=O) groups excluding carboxylic acids is 2. The fourth-order valence-electron chi connectivity index (χ4n) is 3.92. The van der Waals surface area contributed by atoms with Crippen molar-refractivity contribution in [2.45, 2.75) is 32.6 Å². The number of rotatable bonds is 3. The van der Waals surface area contributed by atoms with Crippen molar-refractivity contribution in [3.05, 3.63) is 35.4 Å². The van der Waals surface area contributed by atoms with E-state index in [1.165, 1.54) is 18.6 Å². The third-order valence-electron chi connectivity index (χ3n) is 5.48. The minimum Gasteiger partial charge on any atom is -0.478 e. The molecule has 2 heterocycles. The standard InChI is InChI=1S/C20H26N2O4/c1-14-3-2-10-22(13-14)19(24)16-8-11-21(12-9-16)18(23)15-4-6-17(7-5-15)20(25)26/h4-7,14,16H,2-3,8-13H2,1H3,(H,25,26). The molecule has 0 aliphatic carbocycles.